The SMILES string of the molecule is CCN(Cc1ccccc1)c1cn(C)c(=O)c2[nH]c(C(N)=O)cc12. The average Bonchev–Trinajstić information content (AvgIpc) is 3.03. The molecule has 6 heteroatoms. The number of benzene rings is 1. The van der Waals surface area contributed by atoms with E-state index in [4.69, 9.17) is 5.73 Å². The number of nitrogens with one attached hydrogen (secondary N) is 1. The maximum absolute atomic E-state index is 12.3. The third-order valence-electron chi connectivity index (χ3n) is 4.15. The fraction of sp³-hybridized carbons (Fsp3) is 0.222. The number of aromatic nitrogens is 2. The van der Waals surface area contributed by atoms with Crippen LogP contribution < -0.4 is 16.2 Å². The van der Waals surface area contributed by atoms with Gasteiger partial charge in [0, 0.05) is 31.7 Å². The van der Waals surface area contributed by atoms with E-state index in [1.807, 2.05) is 18.2 Å². The van der Waals surface area contributed by atoms with Crippen molar-refractivity contribution in [2.75, 3.05) is 11.4 Å². The number of carbonyl (C=O) groups excluding carboxylic acids is 1. The molecular weight excluding hydrogens is 304 g/mol. The fourth-order valence-electron chi connectivity index (χ4n) is 2.87. The summed E-state index contributed by atoms with van der Waals surface area (Å²) < 4.78 is 1.52. The maximum Gasteiger partial charge on any atom is 0.274 e. The predicted octanol–water partition coefficient (Wildman–Crippen LogP) is 1.99. The van der Waals surface area contributed by atoms with E-state index in [0.717, 1.165) is 12.2 Å². The molecule has 1 amide bonds. The molecule has 124 valence electrons. The van der Waals surface area contributed by atoms with Gasteiger partial charge in [-0.05, 0) is 18.6 Å². The van der Waals surface area contributed by atoms with E-state index in [9.17, 15) is 9.59 Å². The van der Waals surface area contributed by atoms with Crippen molar-refractivity contribution in [3.8, 4) is 0 Å². The third kappa shape index (κ3) is 2.78. The molecule has 1 aromatic carbocycles. The minimum atomic E-state index is -0.578. The van der Waals surface area contributed by atoms with Crippen LogP contribution in [0.15, 0.2) is 47.4 Å². The summed E-state index contributed by atoms with van der Waals surface area (Å²) in [5.41, 5.74) is 7.88. The van der Waals surface area contributed by atoms with Gasteiger partial charge in [-0.15, -0.1) is 0 Å². The summed E-state index contributed by atoms with van der Waals surface area (Å²) in [6.45, 7) is 3.53. The number of primary amides is 1. The van der Waals surface area contributed by atoms with Crippen molar-refractivity contribution >= 4 is 22.5 Å². The number of amides is 1. The van der Waals surface area contributed by atoms with Gasteiger partial charge in [0.15, 0.2) is 0 Å². The van der Waals surface area contributed by atoms with Gasteiger partial charge in [0.05, 0.1) is 5.69 Å². The second-order valence-electron chi connectivity index (χ2n) is 5.77. The zero-order valence-electron chi connectivity index (χ0n) is 13.7. The number of nitrogens with two attached hydrogens (primary N) is 1. The average molecular weight is 324 g/mol. The lowest BCUT2D eigenvalue weighted by Crippen LogP contribution is -2.25. The Balaban J connectivity index is 2.14. The third-order valence-corrected chi connectivity index (χ3v) is 4.15. The smallest absolute Gasteiger partial charge is 0.274 e. The molecule has 2 heterocycles. The number of H-pyrrole nitrogens is 1. The molecule has 0 bridgehead atoms. The number of pyridine rings is 1. The highest BCUT2D eigenvalue weighted by Gasteiger charge is 2.17. The van der Waals surface area contributed by atoms with Crippen LogP contribution in [-0.2, 0) is 13.6 Å². The highest BCUT2D eigenvalue weighted by molar-refractivity contribution is 6.00. The summed E-state index contributed by atoms with van der Waals surface area (Å²) in [7, 11) is 1.70. The van der Waals surface area contributed by atoms with Crippen LogP contribution in [0, 0.1) is 0 Å². The van der Waals surface area contributed by atoms with Crippen LogP contribution in [0.1, 0.15) is 23.0 Å². The second-order valence-corrected chi connectivity index (χ2v) is 5.77. The Hall–Kier alpha value is -3.02. The van der Waals surface area contributed by atoms with E-state index in [0.29, 0.717) is 17.4 Å². The van der Waals surface area contributed by atoms with Gasteiger partial charge in [0.1, 0.15) is 11.2 Å². The summed E-state index contributed by atoms with van der Waals surface area (Å²) in [6, 6.07) is 11.8. The van der Waals surface area contributed by atoms with Crippen molar-refractivity contribution in [2.24, 2.45) is 12.8 Å². The first-order valence-electron chi connectivity index (χ1n) is 7.82. The van der Waals surface area contributed by atoms with E-state index in [1.54, 1.807) is 19.3 Å². The van der Waals surface area contributed by atoms with Gasteiger partial charge in [-0.1, -0.05) is 30.3 Å². The second kappa shape index (κ2) is 6.23. The summed E-state index contributed by atoms with van der Waals surface area (Å²) in [4.78, 5) is 28.8. The number of fused-ring (bicyclic) bond motifs is 1. The molecule has 0 unspecified atom stereocenters. The molecule has 0 aliphatic heterocycles. The van der Waals surface area contributed by atoms with Crippen LogP contribution >= 0.6 is 0 Å². The van der Waals surface area contributed by atoms with Crippen LogP contribution in [-0.4, -0.2) is 22.0 Å². The van der Waals surface area contributed by atoms with Crippen molar-refractivity contribution in [1.82, 2.24) is 9.55 Å². The molecule has 6 nitrogen and oxygen atoms in total. The Morgan fingerprint density at radius 1 is 1.29 bits per heavy atom. The van der Waals surface area contributed by atoms with E-state index in [-0.39, 0.29) is 11.3 Å². The van der Waals surface area contributed by atoms with Crippen LogP contribution in [0.3, 0.4) is 0 Å². The molecule has 3 aromatic rings. The summed E-state index contributed by atoms with van der Waals surface area (Å²) in [5, 5.41) is 0.713. The number of rotatable bonds is 5. The molecule has 0 aliphatic carbocycles. The van der Waals surface area contributed by atoms with Crippen LogP contribution in [0.25, 0.3) is 10.9 Å². The van der Waals surface area contributed by atoms with E-state index in [1.165, 1.54) is 10.1 Å². The Morgan fingerprint density at radius 2 is 2.00 bits per heavy atom. The highest BCUT2D eigenvalue weighted by atomic mass is 16.1. The van der Waals surface area contributed by atoms with Crippen molar-refractivity contribution in [2.45, 2.75) is 13.5 Å². The minimum Gasteiger partial charge on any atom is -0.366 e. The van der Waals surface area contributed by atoms with Gasteiger partial charge in [-0.3, -0.25) is 9.59 Å². The summed E-state index contributed by atoms with van der Waals surface area (Å²) in [5.74, 6) is -0.578. The Morgan fingerprint density at radius 3 is 2.62 bits per heavy atom. The Kier molecular flexibility index (Phi) is 4.12. The quantitative estimate of drug-likeness (QED) is 0.753. The highest BCUT2D eigenvalue weighted by Crippen LogP contribution is 2.26. The Bertz CT molecular complexity index is 941. The summed E-state index contributed by atoms with van der Waals surface area (Å²) >= 11 is 0. The number of hydrogen-bond donors (Lipinski definition) is 2. The predicted molar refractivity (Wildman–Crippen MR) is 95.2 cm³/mol. The van der Waals surface area contributed by atoms with Gasteiger partial charge in [-0.25, -0.2) is 0 Å². The molecule has 0 saturated heterocycles. The number of aryl methyl sites for hydroxylation is 1. The normalized spacial score (nSPS) is 10.9. The van der Waals surface area contributed by atoms with Gasteiger partial charge in [-0.2, -0.15) is 0 Å². The van der Waals surface area contributed by atoms with Crippen molar-refractivity contribution in [3.05, 3.63) is 64.2 Å². The van der Waals surface area contributed by atoms with Crippen LogP contribution in [0.5, 0.6) is 0 Å². The summed E-state index contributed by atoms with van der Waals surface area (Å²) in [6.07, 6.45) is 1.80. The van der Waals surface area contributed by atoms with Crippen molar-refractivity contribution in [3.63, 3.8) is 0 Å². The van der Waals surface area contributed by atoms with Crippen LogP contribution in [0.4, 0.5) is 5.69 Å². The first-order valence-corrected chi connectivity index (χ1v) is 7.82. The Labute approximate surface area is 139 Å². The molecule has 3 rings (SSSR count). The number of nitrogens with zero attached hydrogens (tertiary/aromatic N) is 2. The molecule has 0 saturated carbocycles. The van der Waals surface area contributed by atoms with Crippen molar-refractivity contribution < 1.29 is 4.79 Å². The molecule has 0 radical (unpaired) electrons. The number of hydrogen-bond acceptors (Lipinski definition) is 3. The first-order chi connectivity index (χ1) is 11.5. The van der Waals surface area contributed by atoms with E-state index in [2.05, 4.69) is 28.9 Å². The molecule has 0 spiro atoms. The van der Waals surface area contributed by atoms with Gasteiger partial charge in [0.25, 0.3) is 11.5 Å². The molecule has 24 heavy (non-hydrogen) atoms. The lowest BCUT2D eigenvalue weighted by atomic mass is 10.1. The standard InChI is InChI=1S/C18H20N4O2/c1-3-22(10-12-7-5-4-6-8-12)15-11-21(2)18(24)16-13(15)9-14(20-16)17(19)23/h4-9,11,20H,3,10H2,1-2H3,(H2,19,23). The number of aromatic amines is 1. The van der Waals surface area contributed by atoms with Crippen LogP contribution in [0.2, 0.25) is 0 Å². The zero-order chi connectivity index (χ0) is 17.3. The monoisotopic (exact) mass is 324 g/mol. The topological polar surface area (TPSA) is 84.1 Å². The fourth-order valence-corrected chi connectivity index (χ4v) is 2.87. The van der Waals surface area contributed by atoms with E-state index < -0.39 is 5.91 Å². The minimum absolute atomic E-state index is 0.183. The van der Waals surface area contributed by atoms with Crippen molar-refractivity contribution in [1.29, 1.82) is 0 Å². The molecule has 3 N–H and O–H groups in total. The molecule has 0 fully saturated rings. The number of anilines is 1. The first kappa shape index (κ1) is 15.9. The van der Waals surface area contributed by atoms with Gasteiger partial charge in [0.2, 0.25) is 0 Å². The van der Waals surface area contributed by atoms with E-state index >= 15 is 0 Å². The lowest BCUT2D eigenvalue weighted by Gasteiger charge is -2.24. The maximum atomic E-state index is 12.3. The zero-order valence-corrected chi connectivity index (χ0v) is 13.7. The molecular formula is C18H20N4O2. The largest absolute Gasteiger partial charge is 0.366 e. The molecule has 0 aliphatic rings. The van der Waals surface area contributed by atoms with Gasteiger partial charge < -0.3 is 20.2 Å². The lowest BCUT2D eigenvalue weighted by molar-refractivity contribution is 0.0996. The molecule has 2 aromatic heterocycles. The van der Waals surface area contributed by atoms with Gasteiger partial charge >= 0.3 is 0 Å². The number of carbonyl (C=O) groups is 1. The molecule has 0 atom stereocenters.